The molecule has 0 aliphatic heterocycles. The lowest BCUT2D eigenvalue weighted by atomic mass is 10.1. The van der Waals surface area contributed by atoms with Gasteiger partial charge in [-0.1, -0.05) is 29.3 Å². The van der Waals surface area contributed by atoms with Crippen LogP contribution in [0.15, 0.2) is 18.2 Å². The van der Waals surface area contributed by atoms with Crippen molar-refractivity contribution < 1.29 is 9.90 Å². The molecule has 0 aliphatic rings. The summed E-state index contributed by atoms with van der Waals surface area (Å²) in [7, 11) is 0. The first-order valence-corrected chi connectivity index (χ1v) is 5.25. The fourth-order valence-electron chi connectivity index (χ4n) is 1.55. The van der Waals surface area contributed by atoms with Crippen molar-refractivity contribution in [1.82, 2.24) is 4.98 Å². The molecule has 0 amide bonds. The van der Waals surface area contributed by atoms with Crippen LogP contribution in [0.1, 0.15) is 15.9 Å². The van der Waals surface area contributed by atoms with E-state index in [2.05, 4.69) is 4.98 Å². The normalized spacial score (nSPS) is 10.7. The lowest BCUT2D eigenvalue weighted by Crippen LogP contribution is -2.00. The molecule has 5 heteroatoms. The van der Waals surface area contributed by atoms with Crippen LogP contribution in [0.3, 0.4) is 0 Å². The highest BCUT2D eigenvalue weighted by atomic mass is 35.5. The summed E-state index contributed by atoms with van der Waals surface area (Å²) in [4.78, 5) is 15.1. The average molecular weight is 256 g/mol. The van der Waals surface area contributed by atoms with Gasteiger partial charge < -0.3 is 5.11 Å². The molecular formula is C11H7Cl2NO2. The third kappa shape index (κ3) is 1.72. The van der Waals surface area contributed by atoms with Crippen LogP contribution in [-0.4, -0.2) is 16.1 Å². The summed E-state index contributed by atoms with van der Waals surface area (Å²) in [6.45, 7) is 1.78. The van der Waals surface area contributed by atoms with Crippen LogP contribution in [0.5, 0.6) is 0 Å². The summed E-state index contributed by atoms with van der Waals surface area (Å²) in [5.74, 6) is -1.03. The summed E-state index contributed by atoms with van der Waals surface area (Å²) in [5, 5.41) is 10.3. The third-order valence-corrected chi connectivity index (χ3v) is 2.97. The molecule has 0 radical (unpaired) electrons. The molecule has 1 aromatic carbocycles. The molecule has 0 spiro atoms. The number of hydrogen-bond acceptors (Lipinski definition) is 2. The summed E-state index contributed by atoms with van der Waals surface area (Å²) < 4.78 is 0. The van der Waals surface area contributed by atoms with Gasteiger partial charge in [0.15, 0.2) is 0 Å². The Labute approximate surface area is 102 Å². The molecule has 3 nitrogen and oxygen atoms in total. The van der Waals surface area contributed by atoms with Gasteiger partial charge in [0.2, 0.25) is 0 Å². The minimum atomic E-state index is -1.03. The zero-order chi connectivity index (χ0) is 11.9. The van der Waals surface area contributed by atoms with E-state index >= 15 is 0 Å². The fourth-order valence-corrected chi connectivity index (χ4v) is 1.90. The topological polar surface area (TPSA) is 50.2 Å². The smallest absolute Gasteiger partial charge is 0.336 e. The maximum Gasteiger partial charge on any atom is 0.336 e. The van der Waals surface area contributed by atoms with Gasteiger partial charge in [0.05, 0.1) is 11.1 Å². The molecule has 0 saturated heterocycles. The van der Waals surface area contributed by atoms with Gasteiger partial charge in [-0.25, -0.2) is 9.78 Å². The minimum Gasteiger partial charge on any atom is -0.478 e. The van der Waals surface area contributed by atoms with Gasteiger partial charge in [0.1, 0.15) is 5.15 Å². The Balaban J connectivity index is 2.94. The standard InChI is InChI=1S/C11H7Cl2NO2/c1-5-8(12)3-2-6-7(11(15)16)4-9(13)14-10(5)6/h2-4H,1H3,(H,15,16). The van der Waals surface area contributed by atoms with Crippen molar-refractivity contribution >= 4 is 40.1 Å². The number of nitrogens with zero attached hydrogens (tertiary/aromatic N) is 1. The third-order valence-electron chi connectivity index (χ3n) is 2.37. The molecule has 0 unspecified atom stereocenters. The molecule has 1 N–H and O–H groups in total. The quantitative estimate of drug-likeness (QED) is 0.793. The van der Waals surface area contributed by atoms with Gasteiger partial charge in [-0.2, -0.15) is 0 Å². The number of aryl methyl sites for hydroxylation is 1. The second kappa shape index (κ2) is 3.92. The number of benzene rings is 1. The van der Waals surface area contributed by atoms with Gasteiger partial charge >= 0.3 is 5.97 Å². The second-order valence-electron chi connectivity index (χ2n) is 3.37. The molecular weight excluding hydrogens is 249 g/mol. The van der Waals surface area contributed by atoms with Crippen LogP contribution < -0.4 is 0 Å². The summed E-state index contributed by atoms with van der Waals surface area (Å²) in [5.41, 5.74) is 1.39. The number of aromatic carboxylic acids is 1. The van der Waals surface area contributed by atoms with Crippen LogP contribution >= 0.6 is 23.2 Å². The maximum atomic E-state index is 11.0. The molecule has 0 aliphatic carbocycles. The van der Waals surface area contributed by atoms with Gasteiger partial charge in [0, 0.05) is 10.4 Å². The number of carboxylic acid groups (broad SMARTS) is 1. The van der Waals surface area contributed by atoms with Crippen molar-refractivity contribution in [3.8, 4) is 0 Å². The number of hydrogen-bond donors (Lipinski definition) is 1. The monoisotopic (exact) mass is 255 g/mol. The zero-order valence-electron chi connectivity index (χ0n) is 8.29. The van der Waals surface area contributed by atoms with E-state index in [1.807, 2.05) is 0 Å². The molecule has 0 bridgehead atoms. The van der Waals surface area contributed by atoms with E-state index < -0.39 is 5.97 Å². The summed E-state index contributed by atoms with van der Waals surface area (Å²) in [6, 6.07) is 4.62. The van der Waals surface area contributed by atoms with E-state index in [9.17, 15) is 4.79 Å². The van der Waals surface area contributed by atoms with Gasteiger partial charge in [-0.3, -0.25) is 0 Å². The van der Waals surface area contributed by atoms with Crippen LogP contribution in [0.25, 0.3) is 10.9 Å². The van der Waals surface area contributed by atoms with Crippen LogP contribution in [0.2, 0.25) is 10.2 Å². The van der Waals surface area contributed by atoms with Gasteiger partial charge in [0.25, 0.3) is 0 Å². The lowest BCUT2D eigenvalue weighted by Gasteiger charge is -2.06. The van der Waals surface area contributed by atoms with Crippen molar-refractivity contribution in [2.75, 3.05) is 0 Å². The average Bonchev–Trinajstić information content (AvgIpc) is 2.23. The minimum absolute atomic E-state index is 0.134. The largest absolute Gasteiger partial charge is 0.478 e. The van der Waals surface area contributed by atoms with Crippen LogP contribution in [0, 0.1) is 6.92 Å². The van der Waals surface area contributed by atoms with E-state index in [0.29, 0.717) is 15.9 Å². The predicted octanol–water partition coefficient (Wildman–Crippen LogP) is 3.55. The number of pyridine rings is 1. The zero-order valence-corrected chi connectivity index (χ0v) is 9.80. The highest BCUT2D eigenvalue weighted by Gasteiger charge is 2.13. The van der Waals surface area contributed by atoms with Crippen LogP contribution in [0.4, 0.5) is 0 Å². The van der Waals surface area contributed by atoms with Crippen molar-refractivity contribution in [3.63, 3.8) is 0 Å². The molecule has 0 saturated carbocycles. The highest BCUT2D eigenvalue weighted by Crippen LogP contribution is 2.28. The molecule has 2 rings (SSSR count). The van der Waals surface area contributed by atoms with E-state index in [1.165, 1.54) is 6.07 Å². The number of carbonyl (C=O) groups is 1. The fraction of sp³-hybridized carbons (Fsp3) is 0.0909. The van der Waals surface area contributed by atoms with E-state index in [-0.39, 0.29) is 10.7 Å². The van der Waals surface area contributed by atoms with Gasteiger partial charge in [-0.05, 0) is 24.6 Å². The predicted molar refractivity (Wildman–Crippen MR) is 63.5 cm³/mol. The first-order valence-electron chi connectivity index (χ1n) is 4.49. The van der Waals surface area contributed by atoms with Gasteiger partial charge in [-0.15, -0.1) is 0 Å². The molecule has 16 heavy (non-hydrogen) atoms. The van der Waals surface area contributed by atoms with Crippen molar-refractivity contribution in [2.24, 2.45) is 0 Å². The molecule has 1 aromatic heterocycles. The Bertz CT molecular complexity index is 596. The Hall–Kier alpha value is -1.32. The number of aromatic nitrogens is 1. The Morgan fingerprint density at radius 2 is 2.06 bits per heavy atom. The summed E-state index contributed by atoms with van der Waals surface area (Å²) in [6.07, 6.45) is 0. The highest BCUT2D eigenvalue weighted by molar-refractivity contribution is 6.33. The Morgan fingerprint density at radius 1 is 1.38 bits per heavy atom. The van der Waals surface area contributed by atoms with E-state index in [0.717, 1.165) is 5.56 Å². The maximum absolute atomic E-state index is 11.0. The molecule has 82 valence electrons. The Morgan fingerprint density at radius 3 is 2.69 bits per heavy atom. The number of rotatable bonds is 1. The lowest BCUT2D eigenvalue weighted by molar-refractivity contribution is 0.0699. The molecule has 2 aromatic rings. The number of halogens is 2. The molecule has 0 fully saturated rings. The van der Waals surface area contributed by atoms with Crippen LogP contribution in [-0.2, 0) is 0 Å². The number of fused-ring (bicyclic) bond motifs is 1. The van der Waals surface area contributed by atoms with Crippen molar-refractivity contribution in [1.29, 1.82) is 0 Å². The first kappa shape index (κ1) is 11.2. The second-order valence-corrected chi connectivity index (χ2v) is 4.16. The van der Waals surface area contributed by atoms with Crippen molar-refractivity contribution in [2.45, 2.75) is 6.92 Å². The number of carboxylic acids is 1. The van der Waals surface area contributed by atoms with E-state index in [1.54, 1.807) is 19.1 Å². The Kier molecular flexibility index (Phi) is 2.74. The molecule has 0 atom stereocenters. The molecule has 1 heterocycles. The van der Waals surface area contributed by atoms with Crippen molar-refractivity contribution in [3.05, 3.63) is 39.5 Å². The SMILES string of the molecule is Cc1c(Cl)ccc2c(C(=O)O)cc(Cl)nc12. The van der Waals surface area contributed by atoms with E-state index in [4.69, 9.17) is 28.3 Å². The summed E-state index contributed by atoms with van der Waals surface area (Å²) >= 11 is 11.7. The first-order chi connectivity index (χ1) is 7.50.